The summed E-state index contributed by atoms with van der Waals surface area (Å²) in [7, 11) is 1.91. The third kappa shape index (κ3) is 6.37. The topological polar surface area (TPSA) is 12.0 Å². The van der Waals surface area contributed by atoms with Crippen LogP contribution in [0.15, 0.2) is 18.2 Å². The standard InChI is InChI=1S/C9H11Cl2N.2C2H6/c1-6(12-2)7-3-4-8(10)9(11)5-7;2*1-2/h3-6,12H,1-2H3;2*1-2H3. The highest BCUT2D eigenvalue weighted by molar-refractivity contribution is 6.42. The Balaban J connectivity index is 0. The van der Waals surface area contributed by atoms with E-state index >= 15 is 0 Å². The molecule has 94 valence electrons. The summed E-state index contributed by atoms with van der Waals surface area (Å²) in [4.78, 5) is 0. The van der Waals surface area contributed by atoms with Gasteiger partial charge in [-0.05, 0) is 31.7 Å². The van der Waals surface area contributed by atoms with Crippen LogP contribution in [-0.4, -0.2) is 7.05 Å². The van der Waals surface area contributed by atoms with E-state index in [1.54, 1.807) is 0 Å². The molecule has 0 radical (unpaired) electrons. The summed E-state index contributed by atoms with van der Waals surface area (Å²) in [5, 5.41) is 4.33. The lowest BCUT2D eigenvalue weighted by Crippen LogP contribution is -2.11. The molecule has 0 fully saturated rings. The second kappa shape index (κ2) is 11.3. The van der Waals surface area contributed by atoms with Crippen LogP contribution in [0.5, 0.6) is 0 Å². The highest BCUT2D eigenvalue weighted by Gasteiger charge is 2.04. The maximum atomic E-state index is 5.86. The number of hydrogen-bond donors (Lipinski definition) is 1. The first-order valence-corrected chi connectivity index (χ1v) is 6.53. The van der Waals surface area contributed by atoms with E-state index in [9.17, 15) is 0 Å². The molecule has 1 N–H and O–H groups in total. The maximum Gasteiger partial charge on any atom is 0.0595 e. The van der Waals surface area contributed by atoms with Crippen molar-refractivity contribution >= 4 is 23.2 Å². The van der Waals surface area contributed by atoms with E-state index < -0.39 is 0 Å². The maximum absolute atomic E-state index is 5.86. The van der Waals surface area contributed by atoms with Crippen molar-refractivity contribution in [2.75, 3.05) is 7.05 Å². The Hall–Kier alpha value is -0.240. The molecule has 16 heavy (non-hydrogen) atoms. The first-order chi connectivity index (χ1) is 7.65. The molecule has 0 spiro atoms. The van der Waals surface area contributed by atoms with Crippen LogP contribution in [-0.2, 0) is 0 Å². The lowest BCUT2D eigenvalue weighted by Gasteiger charge is -2.10. The van der Waals surface area contributed by atoms with Crippen molar-refractivity contribution in [3.8, 4) is 0 Å². The largest absolute Gasteiger partial charge is 0.313 e. The molecule has 1 nitrogen and oxygen atoms in total. The molecule has 0 bridgehead atoms. The first kappa shape index (κ1) is 18.1. The molecule has 3 heteroatoms. The summed E-state index contributed by atoms with van der Waals surface area (Å²) < 4.78 is 0. The minimum atomic E-state index is 0.305. The van der Waals surface area contributed by atoms with E-state index in [0.717, 1.165) is 5.56 Å². The van der Waals surface area contributed by atoms with Crippen molar-refractivity contribution in [3.63, 3.8) is 0 Å². The Morgan fingerprint density at radius 2 is 1.50 bits per heavy atom. The summed E-state index contributed by atoms with van der Waals surface area (Å²) in [6, 6.07) is 5.97. The third-order valence-electron chi connectivity index (χ3n) is 1.88. The van der Waals surface area contributed by atoms with Gasteiger partial charge in [0.25, 0.3) is 0 Å². The van der Waals surface area contributed by atoms with Gasteiger partial charge in [-0.1, -0.05) is 57.0 Å². The quantitative estimate of drug-likeness (QED) is 0.761. The SMILES string of the molecule is CC.CC.CNC(C)c1ccc(Cl)c(Cl)c1. The second-order valence-electron chi connectivity index (χ2n) is 2.68. The highest BCUT2D eigenvalue weighted by atomic mass is 35.5. The molecule has 1 unspecified atom stereocenters. The number of nitrogens with one attached hydrogen (secondary N) is 1. The van der Waals surface area contributed by atoms with Gasteiger partial charge in [-0.3, -0.25) is 0 Å². The van der Waals surface area contributed by atoms with Crippen molar-refractivity contribution in [1.29, 1.82) is 0 Å². The van der Waals surface area contributed by atoms with Crippen LogP contribution in [0.25, 0.3) is 0 Å². The van der Waals surface area contributed by atoms with Crippen molar-refractivity contribution in [2.24, 2.45) is 0 Å². The number of benzene rings is 1. The van der Waals surface area contributed by atoms with Crippen LogP contribution in [0.2, 0.25) is 10.0 Å². The average molecular weight is 264 g/mol. The predicted molar refractivity (Wildman–Crippen MR) is 76.6 cm³/mol. The molecule has 0 aliphatic heterocycles. The van der Waals surface area contributed by atoms with Gasteiger partial charge in [0.05, 0.1) is 10.0 Å². The minimum Gasteiger partial charge on any atom is -0.313 e. The van der Waals surface area contributed by atoms with E-state index in [1.165, 1.54) is 0 Å². The van der Waals surface area contributed by atoms with Crippen LogP contribution in [0.3, 0.4) is 0 Å². The van der Waals surface area contributed by atoms with Gasteiger partial charge in [0, 0.05) is 6.04 Å². The lowest BCUT2D eigenvalue weighted by atomic mass is 10.1. The predicted octanol–water partition coefficient (Wildman–Crippen LogP) is 5.33. The van der Waals surface area contributed by atoms with Gasteiger partial charge < -0.3 is 5.32 Å². The lowest BCUT2D eigenvalue weighted by molar-refractivity contribution is 0.652. The van der Waals surface area contributed by atoms with E-state index in [1.807, 2.05) is 52.9 Å². The molecule has 1 aromatic rings. The van der Waals surface area contributed by atoms with Crippen LogP contribution in [0.1, 0.15) is 46.2 Å². The van der Waals surface area contributed by atoms with Gasteiger partial charge >= 0.3 is 0 Å². The summed E-state index contributed by atoms with van der Waals surface area (Å²) >= 11 is 11.6. The van der Waals surface area contributed by atoms with E-state index in [2.05, 4.69) is 12.2 Å². The van der Waals surface area contributed by atoms with Gasteiger partial charge in [0.15, 0.2) is 0 Å². The molecule has 0 saturated heterocycles. The average Bonchev–Trinajstić information content (AvgIpc) is 2.36. The molecule has 1 atom stereocenters. The Bertz CT molecular complexity index is 275. The van der Waals surface area contributed by atoms with Crippen LogP contribution in [0.4, 0.5) is 0 Å². The highest BCUT2D eigenvalue weighted by Crippen LogP contribution is 2.25. The zero-order valence-electron chi connectivity index (χ0n) is 11.1. The second-order valence-corrected chi connectivity index (χ2v) is 3.50. The Morgan fingerprint density at radius 3 is 1.88 bits per heavy atom. The number of rotatable bonds is 2. The van der Waals surface area contributed by atoms with Crippen LogP contribution >= 0.6 is 23.2 Å². The van der Waals surface area contributed by atoms with Gasteiger partial charge in [0.2, 0.25) is 0 Å². The first-order valence-electron chi connectivity index (χ1n) is 5.77. The van der Waals surface area contributed by atoms with Crippen molar-refractivity contribution < 1.29 is 0 Å². The Kier molecular flexibility index (Phi) is 12.8. The molecule has 0 aromatic heterocycles. The zero-order chi connectivity index (χ0) is 13.1. The third-order valence-corrected chi connectivity index (χ3v) is 2.62. The number of halogens is 2. The van der Waals surface area contributed by atoms with Crippen LogP contribution < -0.4 is 5.32 Å². The molecule has 0 heterocycles. The van der Waals surface area contributed by atoms with E-state index in [-0.39, 0.29) is 0 Å². The molecule has 1 aromatic carbocycles. The zero-order valence-corrected chi connectivity index (χ0v) is 12.6. The molecule has 0 aliphatic carbocycles. The molecule has 0 aliphatic rings. The molecule has 0 amide bonds. The summed E-state index contributed by atoms with van der Waals surface area (Å²) in [5.41, 5.74) is 1.15. The number of hydrogen-bond acceptors (Lipinski definition) is 1. The summed E-state index contributed by atoms with van der Waals surface area (Å²) in [6.07, 6.45) is 0. The van der Waals surface area contributed by atoms with Crippen LogP contribution in [0, 0.1) is 0 Å². The van der Waals surface area contributed by atoms with E-state index in [0.29, 0.717) is 16.1 Å². The molecule has 1 rings (SSSR count). The molecular formula is C13H23Cl2N. The molecular weight excluding hydrogens is 241 g/mol. The Morgan fingerprint density at radius 1 is 1.00 bits per heavy atom. The van der Waals surface area contributed by atoms with Gasteiger partial charge in [-0.2, -0.15) is 0 Å². The van der Waals surface area contributed by atoms with Crippen molar-refractivity contribution in [1.82, 2.24) is 5.32 Å². The van der Waals surface area contributed by atoms with Gasteiger partial charge in [0.1, 0.15) is 0 Å². The fourth-order valence-corrected chi connectivity index (χ4v) is 1.25. The van der Waals surface area contributed by atoms with Crippen molar-refractivity contribution in [3.05, 3.63) is 33.8 Å². The normalized spacial score (nSPS) is 10.5. The van der Waals surface area contributed by atoms with Gasteiger partial charge in [-0.25, -0.2) is 0 Å². The Labute approximate surface area is 110 Å². The van der Waals surface area contributed by atoms with Gasteiger partial charge in [-0.15, -0.1) is 0 Å². The van der Waals surface area contributed by atoms with Crippen molar-refractivity contribution in [2.45, 2.75) is 40.7 Å². The smallest absolute Gasteiger partial charge is 0.0595 e. The summed E-state index contributed by atoms with van der Waals surface area (Å²) in [6.45, 7) is 10.1. The molecule has 0 saturated carbocycles. The van der Waals surface area contributed by atoms with E-state index in [4.69, 9.17) is 23.2 Å². The fourth-order valence-electron chi connectivity index (χ4n) is 0.948. The summed E-state index contributed by atoms with van der Waals surface area (Å²) in [5.74, 6) is 0. The fraction of sp³-hybridized carbons (Fsp3) is 0.538. The minimum absolute atomic E-state index is 0.305. The monoisotopic (exact) mass is 263 g/mol.